The van der Waals surface area contributed by atoms with Gasteiger partial charge in [0.05, 0.1) is 5.56 Å². The Balaban J connectivity index is 2.06. The molecule has 0 aliphatic carbocycles. The highest BCUT2D eigenvalue weighted by molar-refractivity contribution is 5.94. The lowest BCUT2D eigenvalue weighted by atomic mass is 10.2. The van der Waals surface area contributed by atoms with E-state index < -0.39 is 0 Å². The van der Waals surface area contributed by atoms with Crippen molar-refractivity contribution in [2.24, 2.45) is 5.92 Å². The molecule has 20 heavy (non-hydrogen) atoms. The van der Waals surface area contributed by atoms with Crippen LogP contribution in [0, 0.1) is 5.92 Å². The molecule has 2 heterocycles. The summed E-state index contributed by atoms with van der Waals surface area (Å²) < 4.78 is 0. The van der Waals surface area contributed by atoms with Gasteiger partial charge in [0, 0.05) is 32.4 Å². The Bertz CT molecular complexity index is 455. The zero-order valence-corrected chi connectivity index (χ0v) is 13.0. The van der Waals surface area contributed by atoms with Gasteiger partial charge in [-0.3, -0.25) is 4.79 Å². The maximum atomic E-state index is 12.4. The number of aromatic nitrogens is 1. The van der Waals surface area contributed by atoms with Gasteiger partial charge in [0.15, 0.2) is 0 Å². The van der Waals surface area contributed by atoms with Crippen LogP contribution in [0.3, 0.4) is 0 Å². The number of nitrogens with zero attached hydrogens (tertiary/aromatic N) is 3. The van der Waals surface area contributed by atoms with Gasteiger partial charge in [0.25, 0.3) is 5.91 Å². The van der Waals surface area contributed by atoms with Crippen LogP contribution in [0.15, 0.2) is 18.3 Å². The molecular weight excluding hydrogens is 250 g/mol. The van der Waals surface area contributed by atoms with Gasteiger partial charge < -0.3 is 9.80 Å². The van der Waals surface area contributed by atoms with E-state index in [1.807, 2.05) is 24.1 Å². The van der Waals surface area contributed by atoms with Gasteiger partial charge in [-0.15, -0.1) is 0 Å². The molecule has 0 spiro atoms. The molecule has 1 aliphatic rings. The van der Waals surface area contributed by atoms with Crippen molar-refractivity contribution < 1.29 is 4.79 Å². The van der Waals surface area contributed by atoms with Crippen molar-refractivity contribution in [3.05, 3.63) is 23.9 Å². The Morgan fingerprint density at radius 1 is 1.50 bits per heavy atom. The molecule has 4 heteroatoms. The SMILES string of the molecule is CC(C)CN(C)c1ccc(C(=O)N2CCCC2C)cn1. The zero-order chi connectivity index (χ0) is 14.7. The molecule has 4 nitrogen and oxygen atoms in total. The molecule has 0 radical (unpaired) electrons. The molecule has 1 atom stereocenters. The average Bonchev–Trinajstić information content (AvgIpc) is 2.83. The molecule has 1 aliphatic heterocycles. The molecule has 0 N–H and O–H groups in total. The molecule has 1 fully saturated rings. The first kappa shape index (κ1) is 14.8. The van der Waals surface area contributed by atoms with Crippen molar-refractivity contribution >= 4 is 11.7 Å². The molecule has 110 valence electrons. The third-order valence-corrected chi connectivity index (χ3v) is 3.84. The molecule has 1 saturated heterocycles. The highest BCUT2D eigenvalue weighted by Gasteiger charge is 2.26. The fourth-order valence-electron chi connectivity index (χ4n) is 2.78. The first-order chi connectivity index (χ1) is 9.49. The second-order valence-electron chi connectivity index (χ2n) is 6.17. The minimum Gasteiger partial charge on any atom is -0.359 e. The van der Waals surface area contributed by atoms with Crippen molar-refractivity contribution in [1.29, 1.82) is 0 Å². The standard InChI is InChI=1S/C16H25N3O/c1-12(2)11-18(4)15-8-7-14(10-17-15)16(20)19-9-5-6-13(19)3/h7-8,10,12-13H,5-6,9,11H2,1-4H3. The fraction of sp³-hybridized carbons (Fsp3) is 0.625. The van der Waals surface area contributed by atoms with E-state index in [9.17, 15) is 4.79 Å². The molecular formula is C16H25N3O. The monoisotopic (exact) mass is 275 g/mol. The molecule has 1 unspecified atom stereocenters. The van der Waals surface area contributed by atoms with Gasteiger partial charge in [-0.2, -0.15) is 0 Å². The predicted octanol–water partition coefficient (Wildman–Crippen LogP) is 2.80. The summed E-state index contributed by atoms with van der Waals surface area (Å²) >= 11 is 0. The number of pyridine rings is 1. The van der Waals surface area contributed by atoms with Crippen molar-refractivity contribution in [2.45, 2.75) is 39.7 Å². The van der Waals surface area contributed by atoms with Gasteiger partial charge in [-0.1, -0.05) is 13.8 Å². The van der Waals surface area contributed by atoms with Gasteiger partial charge >= 0.3 is 0 Å². The largest absolute Gasteiger partial charge is 0.359 e. The summed E-state index contributed by atoms with van der Waals surface area (Å²) in [6.45, 7) is 8.31. The van der Waals surface area contributed by atoms with E-state index in [2.05, 4.69) is 30.7 Å². The maximum absolute atomic E-state index is 12.4. The lowest BCUT2D eigenvalue weighted by molar-refractivity contribution is 0.0747. The smallest absolute Gasteiger partial charge is 0.255 e. The average molecular weight is 275 g/mol. The zero-order valence-electron chi connectivity index (χ0n) is 13.0. The van der Waals surface area contributed by atoms with E-state index in [1.54, 1.807) is 6.20 Å². The second kappa shape index (κ2) is 6.25. The lowest BCUT2D eigenvalue weighted by Crippen LogP contribution is -2.33. The van der Waals surface area contributed by atoms with Gasteiger partial charge in [0.1, 0.15) is 5.82 Å². The maximum Gasteiger partial charge on any atom is 0.255 e. The van der Waals surface area contributed by atoms with Crippen LogP contribution in [0.5, 0.6) is 0 Å². The summed E-state index contributed by atoms with van der Waals surface area (Å²) in [6, 6.07) is 4.19. The van der Waals surface area contributed by atoms with E-state index in [-0.39, 0.29) is 5.91 Å². The molecule has 1 aromatic rings. The highest BCUT2D eigenvalue weighted by atomic mass is 16.2. The number of amides is 1. The van der Waals surface area contributed by atoms with Crippen molar-refractivity contribution in [3.63, 3.8) is 0 Å². The number of carbonyl (C=O) groups is 1. The van der Waals surface area contributed by atoms with Gasteiger partial charge in [-0.05, 0) is 37.8 Å². The number of likely N-dealkylation sites (tertiary alicyclic amines) is 1. The predicted molar refractivity (Wildman–Crippen MR) is 82.1 cm³/mol. The highest BCUT2D eigenvalue weighted by Crippen LogP contribution is 2.20. The lowest BCUT2D eigenvalue weighted by Gasteiger charge is -2.23. The van der Waals surface area contributed by atoms with Crippen molar-refractivity contribution in [3.8, 4) is 0 Å². The summed E-state index contributed by atoms with van der Waals surface area (Å²) in [6.07, 6.45) is 3.92. The summed E-state index contributed by atoms with van der Waals surface area (Å²) in [5, 5.41) is 0. The van der Waals surface area contributed by atoms with E-state index in [0.717, 1.165) is 31.7 Å². The summed E-state index contributed by atoms with van der Waals surface area (Å²) in [5.74, 6) is 1.62. The third kappa shape index (κ3) is 3.30. The first-order valence-electron chi connectivity index (χ1n) is 7.47. The van der Waals surface area contributed by atoms with Crippen LogP contribution in [-0.4, -0.2) is 42.0 Å². The Morgan fingerprint density at radius 3 is 2.75 bits per heavy atom. The number of hydrogen-bond donors (Lipinski definition) is 0. The van der Waals surface area contributed by atoms with E-state index >= 15 is 0 Å². The van der Waals surface area contributed by atoms with Crippen LogP contribution < -0.4 is 4.90 Å². The number of rotatable bonds is 4. The van der Waals surface area contributed by atoms with Crippen LogP contribution in [0.2, 0.25) is 0 Å². The summed E-state index contributed by atoms with van der Waals surface area (Å²) in [5.41, 5.74) is 0.695. The quantitative estimate of drug-likeness (QED) is 0.848. The normalized spacial score (nSPS) is 18.6. The van der Waals surface area contributed by atoms with Crippen molar-refractivity contribution in [2.75, 3.05) is 25.0 Å². The Labute approximate surface area is 121 Å². The minimum atomic E-state index is 0.112. The van der Waals surface area contributed by atoms with Crippen LogP contribution in [0.4, 0.5) is 5.82 Å². The van der Waals surface area contributed by atoms with Crippen LogP contribution in [-0.2, 0) is 0 Å². The number of anilines is 1. The summed E-state index contributed by atoms with van der Waals surface area (Å²) in [7, 11) is 2.03. The van der Waals surface area contributed by atoms with Gasteiger partial charge in [-0.25, -0.2) is 4.98 Å². The molecule has 0 saturated carbocycles. The molecule has 0 aromatic carbocycles. The van der Waals surface area contributed by atoms with Crippen LogP contribution >= 0.6 is 0 Å². The third-order valence-electron chi connectivity index (χ3n) is 3.84. The first-order valence-corrected chi connectivity index (χ1v) is 7.47. The number of hydrogen-bond acceptors (Lipinski definition) is 3. The van der Waals surface area contributed by atoms with Crippen LogP contribution in [0.1, 0.15) is 44.0 Å². The van der Waals surface area contributed by atoms with E-state index in [0.29, 0.717) is 17.5 Å². The summed E-state index contributed by atoms with van der Waals surface area (Å²) in [4.78, 5) is 20.9. The molecule has 0 bridgehead atoms. The minimum absolute atomic E-state index is 0.112. The van der Waals surface area contributed by atoms with E-state index in [1.165, 1.54) is 0 Å². The number of carbonyl (C=O) groups excluding carboxylic acids is 1. The fourth-order valence-corrected chi connectivity index (χ4v) is 2.78. The van der Waals surface area contributed by atoms with Gasteiger partial charge in [0.2, 0.25) is 0 Å². The Kier molecular flexibility index (Phi) is 4.63. The molecule has 1 amide bonds. The van der Waals surface area contributed by atoms with Crippen LogP contribution in [0.25, 0.3) is 0 Å². The second-order valence-corrected chi connectivity index (χ2v) is 6.17. The van der Waals surface area contributed by atoms with Crippen molar-refractivity contribution in [1.82, 2.24) is 9.88 Å². The molecule has 2 rings (SSSR count). The molecule has 1 aromatic heterocycles. The topological polar surface area (TPSA) is 36.4 Å². The van der Waals surface area contributed by atoms with E-state index in [4.69, 9.17) is 0 Å². The Morgan fingerprint density at radius 2 is 2.25 bits per heavy atom. The Hall–Kier alpha value is -1.58.